The van der Waals surface area contributed by atoms with Crippen molar-refractivity contribution in [3.63, 3.8) is 0 Å². The van der Waals surface area contributed by atoms with E-state index in [9.17, 15) is 0 Å². The zero-order valence-corrected chi connectivity index (χ0v) is 10.4. The first-order chi connectivity index (χ1) is 7.68. The Morgan fingerprint density at radius 1 is 1.44 bits per heavy atom. The van der Waals surface area contributed by atoms with Crippen molar-refractivity contribution in [1.29, 1.82) is 0 Å². The summed E-state index contributed by atoms with van der Waals surface area (Å²) < 4.78 is 0. The van der Waals surface area contributed by atoms with Gasteiger partial charge < -0.3 is 5.32 Å². The van der Waals surface area contributed by atoms with Gasteiger partial charge in [-0.2, -0.15) is 5.10 Å². The summed E-state index contributed by atoms with van der Waals surface area (Å²) in [6.07, 6.45) is 7.49. The van der Waals surface area contributed by atoms with Crippen molar-refractivity contribution in [1.82, 2.24) is 15.5 Å². The zero-order valence-electron chi connectivity index (χ0n) is 10.4. The summed E-state index contributed by atoms with van der Waals surface area (Å²) in [4.78, 5) is 0. The molecular weight excluding hydrogens is 198 g/mol. The first-order valence-corrected chi connectivity index (χ1v) is 6.37. The summed E-state index contributed by atoms with van der Waals surface area (Å²) in [6.45, 7) is 6.78. The van der Waals surface area contributed by atoms with Gasteiger partial charge in [0.25, 0.3) is 0 Å². The number of aromatic amines is 1. The SMILES string of the molecule is CC(C)(CNCc1ccn[nH]1)C1CCCC1. The largest absolute Gasteiger partial charge is 0.311 e. The predicted molar refractivity (Wildman–Crippen MR) is 66.0 cm³/mol. The Kier molecular flexibility index (Phi) is 3.64. The van der Waals surface area contributed by atoms with Crippen LogP contribution in [0.1, 0.15) is 45.2 Å². The monoisotopic (exact) mass is 221 g/mol. The maximum atomic E-state index is 3.95. The lowest BCUT2D eigenvalue weighted by molar-refractivity contribution is 0.207. The minimum atomic E-state index is 0.427. The van der Waals surface area contributed by atoms with Crippen LogP contribution in [0.4, 0.5) is 0 Å². The predicted octanol–water partition coefficient (Wildman–Crippen LogP) is 2.72. The minimum absolute atomic E-state index is 0.427. The Bertz CT molecular complexity index is 297. The van der Waals surface area contributed by atoms with Crippen molar-refractivity contribution in [3.8, 4) is 0 Å². The maximum absolute atomic E-state index is 3.95. The second-order valence-electron chi connectivity index (χ2n) is 5.66. The highest BCUT2D eigenvalue weighted by Crippen LogP contribution is 2.38. The lowest BCUT2D eigenvalue weighted by Crippen LogP contribution is -2.34. The Morgan fingerprint density at radius 2 is 2.19 bits per heavy atom. The van der Waals surface area contributed by atoms with Crippen LogP contribution in [0, 0.1) is 11.3 Å². The highest BCUT2D eigenvalue weighted by molar-refractivity contribution is 4.97. The van der Waals surface area contributed by atoms with Crippen molar-refractivity contribution in [2.45, 2.75) is 46.1 Å². The lowest BCUT2D eigenvalue weighted by Gasteiger charge is -2.31. The topological polar surface area (TPSA) is 40.7 Å². The molecule has 1 aromatic heterocycles. The molecule has 1 saturated carbocycles. The number of hydrogen-bond acceptors (Lipinski definition) is 2. The molecule has 0 atom stereocenters. The second kappa shape index (κ2) is 5.00. The van der Waals surface area contributed by atoms with Gasteiger partial charge in [0, 0.05) is 25.0 Å². The van der Waals surface area contributed by atoms with Crippen LogP contribution in [0.25, 0.3) is 0 Å². The van der Waals surface area contributed by atoms with Crippen LogP contribution >= 0.6 is 0 Å². The molecule has 2 N–H and O–H groups in total. The molecule has 3 heteroatoms. The van der Waals surface area contributed by atoms with Crippen molar-refractivity contribution >= 4 is 0 Å². The number of nitrogens with one attached hydrogen (secondary N) is 2. The van der Waals surface area contributed by atoms with E-state index >= 15 is 0 Å². The summed E-state index contributed by atoms with van der Waals surface area (Å²) in [5.41, 5.74) is 1.60. The summed E-state index contributed by atoms with van der Waals surface area (Å²) in [5.74, 6) is 0.904. The zero-order chi connectivity index (χ0) is 11.4. The molecule has 0 saturated heterocycles. The normalized spacial score (nSPS) is 18.1. The first-order valence-electron chi connectivity index (χ1n) is 6.37. The van der Waals surface area contributed by atoms with Crippen LogP contribution in [0.5, 0.6) is 0 Å². The fraction of sp³-hybridized carbons (Fsp3) is 0.769. The van der Waals surface area contributed by atoms with Crippen molar-refractivity contribution < 1.29 is 0 Å². The third kappa shape index (κ3) is 2.85. The molecule has 16 heavy (non-hydrogen) atoms. The van der Waals surface area contributed by atoms with Gasteiger partial charge in [0.1, 0.15) is 0 Å². The molecule has 0 unspecified atom stereocenters. The van der Waals surface area contributed by atoms with E-state index in [-0.39, 0.29) is 0 Å². The second-order valence-corrected chi connectivity index (χ2v) is 5.66. The molecule has 0 aromatic carbocycles. The van der Waals surface area contributed by atoms with Crippen molar-refractivity contribution in [2.75, 3.05) is 6.54 Å². The number of nitrogens with zero attached hydrogens (tertiary/aromatic N) is 1. The van der Waals surface area contributed by atoms with E-state index in [1.807, 2.05) is 6.07 Å². The molecule has 0 aliphatic heterocycles. The van der Waals surface area contributed by atoms with E-state index in [2.05, 4.69) is 29.4 Å². The summed E-state index contributed by atoms with van der Waals surface area (Å²) in [7, 11) is 0. The molecule has 2 rings (SSSR count). The molecule has 3 nitrogen and oxygen atoms in total. The molecule has 1 aliphatic carbocycles. The van der Waals surface area contributed by atoms with Gasteiger partial charge in [-0.25, -0.2) is 0 Å². The van der Waals surface area contributed by atoms with Crippen LogP contribution in [0.3, 0.4) is 0 Å². The van der Waals surface area contributed by atoms with Crippen LogP contribution in [-0.2, 0) is 6.54 Å². The molecule has 0 amide bonds. The third-order valence-corrected chi connectivity index (χ3v) is 3.91. The summed E-state index contributed by atoms with van der Waals surface area (Å²) in [6, 6.07) is 2.02. The quantitative estimate of drug-likeness (QED) is 0.802. The fourth-order valence-electron chi connectivity index (χ4n) is 2.75. The van der Waals surface area contributed by atoms with Crippen molar-refractivity contribution in [3.05, 3.63) is 18.0 Å². The Labute approximate surface area is 98.0 Å². The highest BCUT2D eigenvalue weighted by atomic mass is 15.1. The molecule has 1 fully saturated rings. The smallest absolute Gasteiger partial charge is 0.0490 e. The molecule has 1 aromatic rings. The molecular formula is C13H23N3. The van der Waals surface area contributed by atoms with E-state index < -0.39 is 0 Å². The highest BCUT2D eigenvalue weighted by Gasteiger charge is 2.31. The molecule has 1 aliphatic rings. The number of hydrogen-bond donors (Lipinski definition) is 2. The van der Waals surface area contributed by atoms with Crippen LogP contribution in [0.15, 0.2) is 12.3 Å². The summed E-state index contributed by atoms with van der Waals surface area (Å²) >= 11 is 0. The Balaban J connectivity index is 1.75. The van der Waals surface area contributed by atoms with Gasteiger partial charge in [-0.1, -0.05) is 26.7 Å². The third-order valence-electron chi connectivity index (χ3n) is 3.91. The van der Waals surface area contributed by atoms with Gasteiger partial charge in [0.2, 0.25) is 0 Å². The molecule has 0 radical (unpaired) electrons. The van der Waals surface area contributed by atoms with Gasteiger partial charge in [-0.15, -0.1) is 0 Å². The fourth-order valence-corrected chi connectivity index (χ4v) is 2.75. The van der Waals surface area contributed by atoms with Crippen LogP contribution < -0.4 is 5.32 Å². The summed E-state index contributed by atoms with van der Waals surface area (Å²) in [5, 5.41) is 10.5. The number of aromatic nitrogens is 2. The minimum Gasteiger partial charge on any atom is -0.311 e. The van der Waals surface area contributed by atoms with E-state index in [1.54, 1.807) is 6.20 Å². The molecule has 0 spiro atoms. The standard InChI is InChI=1S/C13H23N3/c1-13(2,11-5-3-4-6-11)10-14-9-12-7-8-15-16-12/h7-8,11,14H,3-6,9-10H2,1-2H3,(H,15,16). The van der Waals surface area contributed by atoms with Gasteiger partial charge >= 0.3 is 0 Å². The van der Waals surface area contributed by atoms with Gasteiger partial charge in [-0.05, 0) is 30.2 Å². The molecule has 1 heterocycles. The van der Waals surface area contributed by atoms with Crippen molar-refractivity contribution in [2.24, 2.45) is 11.3 Å². The van der Waals surface area contributed by atoms with Gasteiger partial charge in [-0.3, -0.25) is 5.10 Å². The van der Waals surface area contributed by atoms with E-state index in [0.29, 0.717) is 5.41 Å². The first kappa shape index (κ1) is 11.6. The van der Waals surface area contributed by atoms with Gasteiger partial charge in [0.15, 0.2) is 0 Å². The Hall–Kier alpha value is -0.830. The van der Waals surface area contributed by atoms with E-state index in [1.165, 1.54) is 31.4 Å². The van der Waals surface area contributed by atoms with Crippen LogP contribution in [-0.4, -0.2) is 16.7 Å². The lowest BCUT2D eigenvalue weighted by atomic mass is 9.78. The van der Waals surface area contributed by atoms with E-state index in [4.69, 9.17) is 0 Å². The maximum Gasteiger partial charge on any atom is 0.0490 e. The van der Waals surface area contributed by atoms with Crippen LogP contribution in [0.2, 0.25) is 0 Å². The molecule has 90 valence electrons. The number of rotatable bonds is 5. The average molecular weight is 221 g/mol. The average Bonchev–Trinajstić information content (AvgIpc) is 2.90. The number of H-pyrrole nitrogens is 1. The Morgan fingerprint density at radius 3 is 2.81 bits per heavy atom. The molecule has 0 bridgehead atoms. The van der Waals surface area contributed by atoms with E-state index in [0.717, 1.165) is 19.0 Å². The van der Waals surface area contributed by atoms with Gasteiger partial charge in [0.05, 0.1) is 0 Å².